The van der Waals surface area contributed by atoms with Gasteiger partial charge in [0.2, 0.25) is 0 Å². The molecule has 1 heterocycles. The van der Waals surface area contributed by atoms with Gasteiger partial charge < -0.3 is 4.74 Å². The molecule has 0 aliphatic carbocycles. The van der Waals surface area contributed by atoms with E-state index >= 15 is 0 Å². The van der Waals surface area contributed by atoms with Crippen LogP contribution in [0.25, 0.3) is 0 Å². The van der Waals surface area contributed by atoms with Gasteiger partial charge in [-0.1, -0.05) is 13.8 Å². The maximum atomic E-state index is 10.6. The second-order valence-electron chi connectivity index (χ2n) is 2.88. The standard InChI is InChI=1S/C7H12O2/c1-4(2)6-7(9-6)5(3)8/h4,6-7H,1-3H3. The van der Waals surface area contributed by atoms with E-state index in [0.717, 1.165) is 0 Å². The minimum atomic E-state index is -0.0787. The summed E-state index contributed by atoms with van der Waals surface area (Å²) < 4.78 is 5.09. The molecule has 2 atom stereocenters. The van der Waals surface area contributed by atoms with Gasteiger partial charge in [-0.15, -0.1) is 0 Å². The van der Waals surface area contributed by atoms with Gasteiger partial charge in [0.25, 0.3) is 0 Å². The van der Waals surface area contributed by atoms with E-state index in [0.29, 0.717) is 5.92 Å². The summed E-state index contributed by atoms with van der Waals surface area (Å²) >= 11 is 0. The average molecular weight is 128 g/mol. The second kappa shape index (κ2) is 2.10. The lowest BCUT2D eigenvalue weighted by molar-refractivity contribution is -0.118. The predicted molar refractivity (Wildman–Crippen MR) is 34.2 cm³/mol. The number of hydrogen-bond donors (Lipinski definition) is 0. The zero-order chi connectivity index (χ0) is 7.02. The fourth-order valence-corrected chi connectivity index (χ4v) is 0.958. The van der Waals surface area contributed by atoms with Crippen molar-refractivity contribution in [3.8, 4) is 0 Å². The summed E-state index contributed by atoms with van der Waals surface area (Å²) in [5, 5.41) is 0. The topological polar surface area (TPSA) is 29.6 Å². The van der Waals surface area contributed by atoms with Crippen molar-refractivity contribution in [1.82, 2.24) is 0 Å². The molecule has 1 fully saturated rings. The van der Waals surface area contributed by atoms with Gasteiger partial charge in [-0.25, -0.2) is 0 Å². The van der Waals surface area contributed by atoms with Crippen molar-refractivity contribution < 1.29 is 9.53 Å². The van der Waals surface area contributed by atoms with Gasteiger partial charge in [0, 0.05) is 0 Å². The molecule has 0 aromatic heterocycles. The molecule has 0 radical (unpaired) electrons. The van der Waals surface area contributed by atoms with Crippen LogP contribution in [0, 0.1) is 5.92 Å². The second-order valence-corrected chi connectivity index (χ2v) is 2.88. The van der Waals surface area contributed by atoms with E-state index in [1.807, 2.05) is 0 Å². The fourth-order valence-electron chi connectivity index (χ4n) is 0.958. The minimum absolute atomic E-state index is 0.0787. The summed E-state index contributed by atoms with van der Waals surface area (Å²) in [4.78, 5) is 10.6. The number of epoxide rings is 1. The predicted octanol–water partition coefficient (Wildman–Crippen LogP) is 0.999. The molecule has 2 heteroatoms. The third-order valence-electron chi connectivity index (χ3n) is 1.58. The van der Waals surface area contributed by atoms with Crippen LogP contribution in [0.4, 0.5) is 0 Å². The van der Waals surface area contributed by atoms with Crippen molar-refractivity contribution in [3.63, 3.8) is 0 Å². The summed E-state index contributed by atoms with van der Waals surface area (Å²) in [5.74, 6) is 0.646. The molecule has 1 aliphatic heterocycles. The van der Waals surface area contributed by atoms with E-state index in [2.05, 4.69) is 13.8 Å². The molecular weight excluding hydrogens is 116 g/mol. The highest BCUT2D eigenvalue weighted by Crippen LogP contribution is 2.29. The first-order chi connectivity index (χ1) is 4.13. The monoisotopic (exact) mass is 128 g/mol. The third-order valence-corrected chi connectivity index (χ3v) is 1.58. The number of hydrogen-bond acceptors (Lipinski definition) is 2. The molecule has 0 spiro atoms. The Balaban J connectivity index is 2.33. The summed E-state index contributed by atoms with van der Waals surface area (Å²) in [5.41, 5.74) is 0. The third kappa shape index (κ3) is 1.30. The summed E-state index contributed by atoms with van der Waals surface area (Å²) in [7, 11) is 0. The molecule has 0 aromatic carbocycles. The normalized spacial score (nSPS) is 32.9. The Bertz CT molecular complexity index is 129. The summed E-state index contributed by atoms with van der Waals surface area (Å²) in [6, 6.07) is 0. The van der Waals surface area contributed by atoms with Gasteiger partial charge in [-0.05, 0) is 12.8 Å². The Labute approximate surface area is 55.2 Å². The number of rotatable bonds is 2. The van der Waals surface area contributed by atoms with Gasteiger partial charge in [-0.2, -0.15) is 0 Å². The number of carbonyl (C=O) groups is 1. The first-order valence-corrected chi connectivity index (χ1v) is 3.29. The Morgan fingerprint density at radius 1 is 1.56 bits per heavy atom. The van der Waals surface area contributed by atoms with Gasteiger partial charge in [0.05, 0.1) is 6.10 Å². The Morgan fingerprint density at radius 3 is 2.22 bits per heavy atom. The van der Waals surface area contributed by atoms with Gasteiger partial charge in [-0.3, -0.25) is 4.79 Å². The fraction of sp³-hybridized carbons (Fsp3) is 0.857. The maximum absolute atomic E-state index is 10.6. The van der Waals surface area contributed by atoms with E-state index in [4.69, 9.17) is 4.74 Å². The Hall–Kier alpha value is -0.370. The molecule has 1 saturated heterocycles. The molecule has 0 N–H and O–H groups in total. The molecule has 0 bridgehead atoms. The van der Waals surface area contributed by atoms with E-state index in [1.165, 1.54) is 0 Å². The van der Waals surface area contributed by atoms with Crippen molar-refractivity contribution in [2.75, 3.05) is 0 Å². The SMILES string of the molecule is CC(=O)C1OC1C(C)C. The molecule has 0 aromatic rings. The van der Waals surface area contributed by atoms with Crippen molar-refractivity contribution >= 4 is 5.78 Å². The van der Waals surface area contributed by atoms with Crippen LogP contribution in [0.15, 0.2) is 0 Å². The van der Waals surface area contributed by atoms with Crippen molar-refractivity contribution in [2.45, 2.75) is 33.0 Å². The lowest BCUT2D eigenvalue weighted by Gasteiger charge is -1.93. The van der Waals surface area contributed by atoms with Crippen molar-refractivity contribution in [2.24, 2.45) is 5.92 Å². The summed E-state index contributed by atoms with van der Waals surface area (Å²) in [6.07, 6.45) is 0.132. The van der Waals surface area contributed by atoms with Gasteiger partial charge in [0.1, 0.15) is 6.10 Å². The number of carbonyl (C=O) groups excluding carboxylic acids is 1. The highest BCUT2D eigenvalue weighted by molar-refractivity contribution is 5.83. The first-order valence-electron chi connectivity index (χ1n) is 3.29. The molecule has 0 saturated carbocycles. The highest BCUT2D eigenvalue weighted by atomic mass is 16.6. The number of Topliss-reactive ketones (excluding diaryl/α,β-unsaturated/α-hetero) is 1. The zero-order valence-electron chi connectivity index (χ0n) is 6.05. The van der Waals surface area contributed by atoms with Gasteiger partial charge >= 0.3 is 0 Å². The average Bonchev–Trinajstić information content (AvgIpc) is 2.39. The number of ketones is 1. The molecule has 9 heavy (non-hydrogen) atoms. The number of ether oxygens (including phenoxy) is 1. The van der Waals surface area contributed by atoms with E-state index in [1.54, 1.807) is 6.92 Å². The maximum Gasteiger partial charge on any atom is 0.161 e. The summed E-state index contributed by atoms with van der Waals surface area (Å²) in [6.45, 7) is 5.70. The molecule has 2 nitrogen and oxygen atoms in total. The molecule has 2 unspecified atom stereocenters. The Morgan fingerprint density at radius 2 is 2.11 bits per heavy atom. The first kappa shape index (κ1) is 6.75. The van der Waals surface area contributed by atoms with Crippen LogP contribution >= 0.6 is 0 Å². The van der Waals surface area contributed by atoms with E-state index in [9.17, 15) is 4.79 Å². The van der Waals surface area contributed by atoms with Crippen LogP contribution in [-0.4, -0.2) is 18.0 Å². The van der Waals surface area contributed by atoms with Crippen LogP contribution in [0.3, 0.4) is 0 Å². The largest absolute Gasteiger partial charge is 0.361 e. The van der Waals surface area contributed by atoms with Crippen LogP contribution < -0.4 is 0 Å². The van der Waals surface area contributed by atoms with E-state index < -0.39 is 0 Å². The lowest BCUT2D eigenvalue weighted by atomic mass is 10.1. The van der Waals surface area contributed by atoms with Crippen LogP contribution in [-0.2, 0) is 9.53 Å². The van der Waals surface area contributed by atoms with Gasteiger partial charge in [0.15, 0.2) is 5.78 Å². The Kier molecular flexibility index (Phi) is 1.58. The van der Waals surface area contributed by atoms with Crippen LogP contribution in [0.2, 0.25) is 0 Å². The van der Waals surface area contributed by atoms with Crippen molar-refractivity contribution in [3.05, 3.63) is 0 Å². The molecule has 52 valence electrons. The minimum Gasteiger partial charge on any atom is -0.361 e. The van der Waals surface area contributed by atoms with Crippen LogP contribution in [0.5, 0.6) is 0 Å². The van der Waals surface area contributed by atoms with Crippen LogP contribution in [0.1, 0.15) is 20.8 Å². The lowest BCUT2D eigenvalue weighted by Crippen LogP contribution is -2.08. The quantitative estimate of drug-likeness (QED) is 0.519. The molecule has 0 amide bonds. The smallest absolute Gasteiger partial charge is 0.161 e. The molecular formula is C7H12O2. The molecule has 1 aliphatic rings. The zero-order valence-corrected chi connectivity index (χ0v) is 6.05. The van der Waals surface area contributed by atoms with Crippen molar-refractivity contribution in [1.29, 1.82) is 0 Å². The van der Waals surface area contributed by atoms with E-state index in [-0.39, 0.29) is 18.0 Å². The highest BCUT2D eigenvalue weighted by Gasteiger charge is 2.44. The molecule has 1 rings (SSSR count).